The van der Waals surface area contributed by atoms with Gasteiger partial charge in [0, 0.05) is 29.0 Å². The first-order valence-electron chi connectivity index (χ1n) is 6.53. The lowest BCUT2D eigenvalue weighted by atomic mass is 10.2. The fraction of sp³-hybridized carbons (Fsp3) is 0.0667. The highest BCUT2D eigenvalue weighted by Crippen LogP contribution is 2.24. The summed E-state index contributed by atoms with van der Waals surface area (Å²) < 4.78 is 0. The van der Waals surface area contributed by atoms with Gasteiger partial charge in [0.15, 0.2) is 5.65 Å². The minimum absolute atomic E-state index is 0.665. The summed E-state index contributed by atoms with van der Waals surface area (Å²) in [6, 6.07) is 12.0. The minimum atomic E-state index is 0.665. The molecule has 0 radical (unpaired) electrons. The van der Waals surface area contributed by atoms with Crippen molar-refractivity contribution in [1.29, 1.82) is 0 Å². The maximum Gasteiger partial charge on any atom is 0.211 e. The quantitative estimate of drug-likeness (QED) is 0.587. The van der Waals surface area contributed by atoms with E-state index >= 15 is 0 Å². The largest absolute Gasteiger partial charge is 0.338 e. The molecule has 0 fully saturated rings. The van der Waals surface area contributed by atoms with Gasteiger partial charge in [0.2, 0.25) is 5.16 Å². The van der Waals surface area contributed by atoms with Crippen LogP contribution >= 0.6 is 11.8 Å². The molecule has 1 N–H and O–H groups in total. The van der Waals surface area contributed by atoms with Crippen molar-refractivity contribution in [3.05, 3.63) is 54.4 Å². The SMILES string of the molecule is c1cncc(CSc2nnc3c(n2)[nH]c2ccccc23)c1. The summed E-state index contributed by atoms with van der Waals surface area (Å²) in [5.41, 5.74) is 3.77. The van der Waals surface area contributed by atoms with Crippen molar-refractivity contribution < 1.29 is 0 Å². The van der Waals surface area contributed by atoms with Crippen molar-refractivity contribution in [2.75, 3.05) is 0 Å². The molecule has 0 aliphatic heterocycles. The highest BCUT2D eigenvalue weighted by molar-refractivity contribution is 7.98. The van der Waals surface area contributed by atoms with Gasteiger partial charge in [-0.2, -0.15) is 0 Å². The van der Waals surface area contributed by atoms with Gasteiger partial charge in [-0.1, -0.05) is 36.0 Å². The molecule has 4 rings (SSSR count). The first kappa shape index (κ1) is 12.3. The third-order valence-corrected chi connectivity index (χ3v) is 4.10. The first-order chi connectivity index (χ1) is 10.4. The van der Waals surface area contributed by atoms with E-state index in [-0.39, 0.29) is 0 Å². The average molecular weight is 293 g/mol. The van der Waals surface area contributed by atoms with E-state index in [0.717, 1.165) is 33.4 Å². The van der Waals surface area contributed by atoms with Crippen LogP contribution in [0, 0.1) is 0 Å². The molecule has 0 aliphatic carbocycles. The number of nitrogens with zero attached hydrogens (tertiary/aromatic N) is 4. The summed E-state index contributed by atoms with van der Waals surface area (Å²) in [4.78, 5) is 11.9. The average Bonchev–Trinajstić information content (AvgIpc) is 2.91. The van der Waals surface area contributed by atoms with Crippen molar-refractivity contribution in [3.63, 3.8) is 0 Å². The lowest BCUT2D eigenvalue weighted by Gasteiger charge is -1.99. The molecule has 6 heteroatoms. The molecule has 3 aromatic heterocycles. The number of hydrogen-bond acceptors (Lipinski definition) is 5. The maximum absolute atomic E-state index is 4.54. The number of nitrogens with one attached hydrogen (secondary N) is 1. The number of rotatable bonds is 3. The van der Waals surface area contributed by atoms with Crippen molar-refractivity contribution in [1.82, 2.24) is 25.1 Å². The zero-order valence-electron chi connectivity index (χ0n) is 11.0. The van der Waals surface area contributed by atoms with Crippen LogP contribution in [0.15, 0.2) is 53.9 Å². The fourth-order valence-corrected chi connectivity index (χ4v) is 2.92. The molecule has 0 bridgehead atoms. The second-order valence-electron chi connectivity index (χ2n) is 4.61. The first-order valence-corrected chi connectivity index (χ1v) is 7.51. The fourth-order valence-electron chi connectivity index (χ4n) is 2.20. The highest BCUT2D eigenvalue weighted by atomic mass is 32.2. The van der Waals surface area contributed by atoms with Crippen LogP contribution in [0.3, 0.4) is 0 Å². The molecule has 0 saturated heterocycles. The Morgan fingerprint density at radius 1 is 1.05 bits per heavy atom. The number of benzene rings is 1. The molecule has 0 unspecified atom stereocenters. The monoisotopic (exact) mass is 293 g/mol. The van der Waals surface area contributed by atoms with Gasteiger partial charge in [-0.05, 0) is 17.7 Å². The van der Waals surface area contributed by atoms with Gasteiger partial charge in [-0.25, -0.2) is 4.98 Å². The Morgan fingerprint density at radius 2 is 2.00 bits per heavy atom. The van der Waals surface area contributed by atoms with Crippen molar-refractivity contribution in [2.45, 2.75) is 10.9 Å². The van der Waals surface area contributed by atoms with Gasteiger partial charge in [0.25, 0.3) is 0 Å². The summed E-state index contributed by atoms with van der Waals surface area (Å²) in [6.45, 7) is 0. The summed E-state index contributed by atoms with van der Waals surface area (Å²) in [5.74, 6) is 0.779. The van der Waals surface area contributed by atoms with E-state index in [1.54, 1.807) is 18.0 Å². The predicted molar refractivity (Wildman–Crippen MR) is 83.0 cm³/mol. The summed E-state index contributed by atoms with van der Waals surface area (Å²) in [7, 11) is 0. The van der Waals surface area contributed by atoms with Gasteiger partial charge >= 0.3 is 0 Å². The Bertz CT molecular complexity index is 904. The number of H-pyrrole nitrogens is 1. The van der Waals surface area contributed by atoms with Crippen molar-refractivity contribution in [3.8, 4) is 0 Å². The normalized spacial score (nSPS) is 11.2. The number of pyridine rings is 1. The Morgan fingerprint density at radius 3 is 2.90 bits per heavy atom. The minimum Gasteiger partial charge on any atom is -0.338 e. The van der Waals surface area contributed by atoms with Gasteiger partial charge in [-0.3, -0.25) is 4.98 Å². The number of aromatic amines is 1. The van der Waals surface area contributed by atoms with E-state index in [0.29, 0.717) is 5.16 Å². The van der Waals surface area contributed by atoms with Crippen LogP contribution in [0.25, 0.3) is 22.1 Å². The topological polar surface area (TPSA) is 67.3 Å². The zero-order chi connectivity index (χ0) is 14.1. The summed E-state index contributed by atoms with van der Waals surface area (Å²) in [6.07, 6.45) is 3.62. The van der Waals surface area contributed by atoms with Crippen LogP contribution in [-0.4, -0.2) is 25.1 Å². The Labute approximate surface area is 124 Å². The van der Waals surface area contributed by atoms with Crippen molar-refractivity contribution >= 4 is 33.8 Å². The number of hydrogen-bond donors (Lipinski definition) is 1. The van der Waals surface area contributed by atoms with E-state index in [1.807, 2.05) is 42.6 Å². The Kier molecular flexibility index (Phi) is 3.01. The standard InChI is InChI=1S/C15H11N5S/c1-2-6-12-11(5-1)13-14(17-12)18-15(20-19-13)21-9-10-4-3-7-16-8-10/h1-8H,9H2,(H,17,18,20). The molecule has 1 aromatic carbocycles. The third kappa shape index (κ3) is 2.34. The molecule has 102 valence electrons. The van der Waals surface area contributed by atoms with Crippen molar-refractivity contribution in [2.24, 2.45) is 0 Å². The van der Waals surface area contributed by atoms with E-state index < -0.39 is 0 Å². The number of para-hydroxylation sites is 1. The van der Waals surface area contributed by atoms with Crippen LogP contribution in [-0.2, 0) is 5.75 Å². The summed E-state index contributed by atoms with van der Waals surface area (Å²) in [5, 5.41) is 10.2. The van der Waals surface area contributed by atoms with Gasteiger partial charge in [0.1, 0.15) is 5.52 Å². The van der Waals surface area contributed by atoms with Crippen LogP contribution < -0.4 is 0 Å². The molecule has 4 aromatic rings. The van der Waals surface area contributed by atoms with Gasteiger partial charge in [0.05, 0.1) is 0 Å². The van der Waals surface area contributed by atoms with Gasteiger partial charge < -0.3 is 4.98 Å². The second kappa shape index (κ2) is 5.14. The van der Waals surface area contributed by atoms with Crippen LogP contribution in [0.4, 0.5) is 0 Å². The molecule has 5 nitrogen and oxygen atoms in total. The number of aromatic nitrogens is 5. The van der Waals surface area contributed by atoms with E-state index in [9.17, 15) is 0 Å². The molecule has 0 atom stereocenters. The van der Waals surface area contributed by atoms with E-state index in [1.165, 1.54) is 0 Å². The molecule has 0 aliphatic rings. The summed E-state index contributed by atoms with van der Waals surface area (Å²) >= 11 is 1.55. The maximum atomic E-state index is 4.54. The Hall–Kier alpha value is -2.47. The van der Waals surface area contributed by atoms with E-state index in [4.69, 9.17) is 0 Å². The third-order valence-electron chi connectivity index (χ3n) is 3.19. The highest BCUT2D eigenvalue weighted by Gasteiger charge is 2.08. The van der Waals surface area contributed by atoms with E-state index in [2.05, 4.69) is 25.1 Å². The van der Waals surface area contributed by atoms with Crippen LogP contribution in [0.5, 0.6) is 0 Å². The lowest BCUT2D eigenvalue weighted by molar-refractivity contribution is 0.878. The number of fused-ring (bicyclic) bond motifs is 3. The smallest absolute Gasteiger partial charge is 0.211 e. The second-order valence-corrected chi connectivity index (χ2v) is 5.55. The molecular formula is C15H11N5S. The zero-order valence-corrected chi connectivity index (χ0v) is 11.8. The van der Waals surface area contributed by atoms with Crippen LogP contribution in [0.1, 0.15) is 5.56 Å². The lowest BCUT2D eigenvalue weighted by Crippen LogP contribution is -1.92. The number of thioether (sulfide) groups is 1. The molecule has 0 saturated carbocycles. The molecule has 21 heavy (non-hydrogen) atoms. The van der Waals surface area contributed by atoms with Crippen LogP contribution in [0.2, 0.25) is 0 Å². The molecular weight excluding hydrogens is 282 g/mol. The molecule has 3 heterocycles. The van der Waals surface area contributed by atoms with Gasteiger partial charge in [-0.15, -0.1) is 10.2 Å². The molecule has 0 amide bonds. The predicted octanol–water partition coefficient (Wildman–Crippen LogP) is 3.19. The Balaban J connectivity index is 1.66. The molecule has 0 spiro atoms.